The van der Waals surface area contributed by atoms with Gasteiger partial charge in [0.2, 0.25) is 0 Å². The smallest absolute Gasteiger partial charge is 0.260 e. The van der Waals surface area contributed by atoms with Gasteiger partial charge >= 0.3 is 0 Å². The minimum absolute atomic E-state index is 0.204. The maximum atomic E-state index is 6.31. The lowest BCUT2D eigenvalue weighted by molar-refractivity contribution is 0.463. The summed E-state index contributed by atoms with van der Waals surface area (Å²) in [6, 6.07) is 17.2. The van der Waals surface area contributed by atoms with Crippen molar-refractivity contribution in [3.05, 3.63) is 65.2 Å². The first kappa shape index (κ1) is 12.7. The number of aryl methyl sites for hydroxylation is 3. The van der Waals surface area contributed by atoms with Gasteiger partial charge in [-0.3, -0.25) is 0 Å². The molecule has 0 saturated heterocycles. The normalized spacial score (nSPS) is 15.1. The molecule has 24 heavy (non-hydrogen) atoms. The molecule has 0 N–H and O–H groups in total. The Morgan fingerprint density at radius 1 is 0.750 bits per heavy atom. The number of hydrogen-bond acceptors (Lipinski definition) is 2. The van der Waals surface area contributed by atoms with Gasteiger partial charge in [-0.2, -0.15) is 0 Å². The van der Waals surface area contributed by atoms with Crippen LogP contribution in [0.2, 0.25) is 0 Å². The van der Waals surface area contributed by atoms with Crippen molar-refractivity contribution in [1.82, 2.24) is 0 Å². The summed E-state index contributed by atoms with van der Waals surface area (Å²) in [5.74, 6) is 3.85. The Morgan fingerprint density at radius 3 is 2.25 bits per heavy atom. The highest BCUT2D eigenvalue weighted by atomic mass is 16.5. The van der Waals surface area contributed by atoms with Gasteiger partial charge in [-0.1, -0.05) is 24.3 Å². The standard InChI is InChI=1S/C21H15BO2/c1-12-8-19-21-20(9-12)24-18-11-14-7-6-13(14)10-16(18)22(21)15-4-2-3-5-17(15)23-19/h2-5,8-11H,6-7H2,1H3. The second-order valence-corrected chi connectivity index (χ2v) is 7.01. The van der Waals surface area contributed by atoms with Crippen LogP contribution in [0.4, 0.5) is 0 Å². The van der Waals surface area contributed by atoms with Crippen LogP contribution in [0.15, 0.2) is 48.5 Å². The van der Waals surface area contributed by atoms with Crippen LogP contribution in [0.3, 0.4) is 0 Å². The predicted molar refractivity (Wildman–Crippen MR) is 96.3 cm³/mol. The van der Waals surface area contributed by atoms with Crippen molar-refractivity contribution in [2.75, 3.05) is 0 Å². The molecule has 3 aromatic rings. The van der Waals surface area contributed by atoms with Gasteiger partial charge in [0.1, 0.15) is 23.0 Å². The molecular weight excluding hydrogens is 295 g/mol. The van der Waals surface area contributed by atoms with E-state index in [0.29, 0.717) is 0 Å². The van der Waals surface area contributed by atoms with E-state index in [0.717, 1.165) is 28.6 Å². The monoisotopic (exact) mass is 310 g/mol. The maximum Gasteiger partial charge on any atom is 0.260 e. The third-order valence-electron chi connectivity index (χ3n) is 5.51. The molecule has 3 heteroatoms. The summed E-state index contributed by atoms with van der Waals surface area (Å²) in [4.78, 5) is 0. The first-order chi connectivity index (χ1) is 11.8. The van der Waals surface area contributed by atoms with E-state index in [1.165, 1.54) is 40.4 Å². The van der Waals surface area contributed by atoms with E-state index in [2.05, 4.69) is 49.4 Å². The Morgan fingerprint density at radius 2 is 1.46 bits per heavy atom. The third kappa shape index (κ3) is 1.52. The zero-order valence-electron chi connectivity index (χ0n) is 13.4. The highest BCUT2D eigenvalue weighted by Gasteiger charge is 2.40. The van der Waals surface area contributed by atoms with Gasteiger partial charge in [0.25, 0.3) is 6.71 Å². The molecule has 0 saturated carbocycles. The van der Waals surface area contributed by atoms with Crippen molar-refractivity contribution in [2.45, 2.75) is 19.8 Å². The Kier molecular flexibility index (Phi) is 2.24. The van der Waals surface area contributed by atoms with E-state index in [9.17, 15) is 0 Å². The van der Waals surface area contributed by atoms with Crippen LogP contribution < -0.4 is 25.9 Å². The SMILES string of the molecule is Cc1cc2c3c(c1)Oc1cc4c(cc1B3c1ccccc1O2)CC4. The van der Waals surface area contributed by atoms with Crippen molar-refractivity contribution in [3.63, 3.8) is 0 Å². The summed E-state index contributed by atoms with van der Waals surface area (Å²) in [7, 11) is 0. The summed E-state index contributed by atoms with van der Waals surface area (Å²) >= 11 is 0. The molecule has 114 valence electrons. The second-order valence-electron chi connectivity index (χ2n) is 7.01. The molecule has 0 bridgehead atoms. The van der Waals surface area contributed by atoms with Crippen molar-refractivity contribution in [3.8, 4) is 23.0 Å². The van der Waals surface area contributed by atoms with Crippen LogP contribution in [-0.4, -0.2) is 6.71 Å². The van der Waals surface area contributed by atoms with Crippen LogP contribution in [0, 0.1) is 6.92 Å². The van der Waals surface area contributed by atoms with E-state index in [1.807, 2.05) is 6.07 Å². The molecular formula is C21H15BO2. The molecule has 0 radical (unpaired) electrons. The number of benzene rings is 3. The van der Waals surface area contributed by atoms with E-state index in [4.69, 9.17) is 9.47 Å². The Labute approximate surface area is 141 Å². The first-order valence-electron chi connectivity index (χ1n) is 8.53. The lowest BCUT2D eigenvalue weighted by atomic mass is 9.34. The van der Waals surface area contributed by atoms with Gasteiger partial charge in [-0.25, -0.2) is 0 Å². The van der Waals surface area contributed by atoms with E-state index in [-0.39, 0.29) is 6.71 Å². The van der Waals surface area contributed by atoms with Crippen LogP contribution in [0.5, 0.6) is 23.0 Å². The molecule has 0 fully saturated rings. The zero-order chi connectivity index (χ0) is 15.8. The number of para-hydroxylation sites is 1. The van der Waals surface area contributed by atoms with Gasteiger partial charge in [-0.05, 0) is 71.6 Å². The van der Waals surface area contributed by atoms with Crippen LogP contribution >= 0.6 is 0 Å². The number of fused-ring (bicyclic) bond motifs is 5. The van der Waals surface area contributed by atoms with Gasteiger partial charge in [0, 0.05) is 5.46 Å². The molecule has 0 spiro atoms. The molecule has 3 aromatic carbocycles. The molecule has 6 rings (SSSR count). The molecule has 0 unspecified atom stereocenters. The fraction of sp³-hybridized carbons (Fsp3) is 0.143. The average molecular weight is 310 g/mol. The van der Waals surface area contributed by atoms with E-state index in [1.54, 1.807) is 0 Å². The van der Waals surface area contributed by atoms with E-state index < -0.39 is 0 Å². The topological polar surface area (TPSA) is 18.5 Å². The fourth-order valence-electron chi connectivity index (χ4n) is 4.27. The largest absolute Gasteiger partial charge is 0.458 e. The Hall–Kier alpha value is -2.68. The van der Waals surface area contributed by atoms with Crippen molar-refractivity contribution in [1.29, 1.82) is 0 Å². The molecule has 1 aliphatic carbocycles. The fourth-order valence-corrected chi connectivity index (χ4v) is 4.27. The van der Waals surface area contributed by atoms with Gasteiger partial charge < -0.3 is 9.47 Å². The minimum Gasteiger partial charge on any atom is -0.458 e. The summed E-state index contributed by atoms with van der Waals surface area (Å²) in [5, 5.41) is 0. The molecule has 0 aromatic heterocycles. The molecule has 0 amide bonds. The Bertz CT molecular complexity index is 1040. The molecule has 0 atom stereocenters. The third-order valence-corrected chi connectivity index (χ3v) is 5.51. The maximum absolute atomic E-state index is 6.31. The quantitative estimate of drug-likeness (QED) is 0.410. The van der Waals surface area contributed by atoms with Gasteiger partial charge in [-0.15, -0.1) is 0 Å². The minimum atomic E-state index is 0.204. The zero-order valence-corrected chi connectivity index (χ0v) is 13.4. The van der Waals surface area contributed by atoms with Crippen molar-refractivity contribution in [2.24, 2.45) is 0 Å². The average Bonchev–Trinajstić information content (AvgIpc) is 2.56. The number of ether oxygens (including phenoxy) is 2. The predicted octanol–water partition coefficient (Wildman–Crippen LogP) is 2.82. The second kappa shape index (κ2) is 4.24. The summed E-state index contributed by atoms with van der Waals surface area (Å²) in [6.45, 7) is 2.29. The molecule has 3 aliphatic rings. The summed E-state index contributed by atoms with van der Waals surface area (Å²) < 4.78 is 12.5. The highest BCUT2D eigenvalue weighted by Crippen LogP contribution is 2.37. The van der Waals surface area contributed by atoms with Gasteiger partial charge in [0.05, 0.1) is 0 Å². The van der Waals surface area contributed by atoms with E-state index >= 15 is 0 Å². The van der Waals surface area contributed by atoms with Crippen LogP contribution in [-0.2, 0) is 12.8 Å². The molecule has 2 aliphatic heterocycles. The Balaban J connectivity index is 1.70. The highest BCUT2D eigenvalue weighted by molar-refractivity contribution is 6.98. The summed E-state index contributed by atoms with van der Waals surface area (Å²) in [5.41, 5.74) is 7.75. The number of rotatable bonds is 0. The summed E-state index contributed by atoms with van der Waals surface area (Å²) in [6.07, 6.45) is 2.35. The van der Waals surface area contributed by atoms with Crippen molar-refractivity contribution < 1.29 is 9.47 Å². The molecule has 2 nitrogen and oxygen atoms in total. The van der Waals surface area contributed by atoms with Crippen LogP contribution in [0.1, 0.15) is 16.7 Å². The van der Waals surface area contributed by atoms with Gasteiger partial charge in [0.15, 0.2) is 0 Å². The number of hydrogen-bond donors (Lipinski definition) is 0. The van der Waals surface area contributed by atoms with Crippen LogP contribution in [0.25, 0.3) is 0 Å². The lowest BCUT2D eigenvalue weighted by Gasteiger charge is -2.34. The first-order valence-corrected chi connectivity index (χ1v) is 8.53. The molecule has 2 heterocycles. The van der Waals surface area contributed by atoms with Crippen molar-refractivity contribution >= 4 is 23.1 Å². The lowest BCUT2D eigenvalue weighted by Crippen LogP contribution is -2.57.